The maximum absolute atomic E-state index is 6.04. The Balaban J connectivity index is 2.03. The molecule has 4 aromatic rings. The summed E-state index contributed by atoms with van der Waals surface area (Å²) in [6, 6.07) is 5.62. The van der Waals surface area contributed by atoms with Gasteiger partial charge in [-0.1, -0.05) is 0 Å². The van der Waals surface area contributed by atoms with E-state index in [0.717, 1.165) is 5.56 Å². The van der Waals surface area contributed by atoms with Gasteiger partial charge < -0.3 is 21.6 Å². The molecule has 1 aromatic carbocycles. The number of rotatable bonds is 2. The van der Waals surface area contributed by atoms with Crippen LogP contribution in [0.25, 0.3) is 33.4 Å². The first kappa shape index (κ1) is 13.3. The van der Waals surface area contributed by atoms with Crippen LogP contribution in [0.4, 0.5) is 17.8 Å². The van der Waals surface area contributed by atoms with E-state index < -0.39 is 0 Å². The summed E-state index contributed by atoms with van der Waals surface area (Å²) >= 11 is 0. The second-order valence-corrected chi connectivity index (χ2v) is 5.06. The first-order valence-electron chi connectivity index (χ1n) is 7.02. The van der Waals surface area contributed by atoms with Gasteiger partial charge in [-0.15, -0.1) is 0 Å². The van der Waals surface area contributed by atoms with Crippen LogP contribution in [-0.2, 0) is 6.54 Å². The summed E-state index contributed by atoms with van der Waals surface area (Å²) in [6.45, 7) is 2.60. The Morgan fingerprint density at radius 3 is 2.74 bits per heavy atom. The van der Waals surface area contributed by atoms with Crippen LogP contribution in [0.15, 0.2) is 22.6 Å². The number of nitrogens with two attached hydrogens (primary N) is 3. The van der Waals surface area contributed by atoms with Crippen molar-refractivity contribution in [3.05, 3.63) is 18.2 Å². The topological polar surface area (TPSA) is 148 Å². The van der Waals surface area contributed by atoms with E-state index in [1.807, 2.05) is 19.1 Å². The molecule has 3 aromatic heterocycles. The van der Waals surface area contributed by atoms with Crippen molar-refractivity contribution in [3.8, 4) is 11.3 Å². The van der Waals surface area contributed by atoms with Crippen LogP contribution in [0, 0.1) is 0 Å². The lowest BCUT2D eigenvalue weighted by Gasteiger charge is -2.01. The van der Waals surface area contributed by atoms with Crippen LogP contribution >= 0.6 is 0 Å². The summed E-state index contributed by atoms with van der Waals surface area (Å²) in [5, 5.41) is 5.25. The smallest absolute Gasteiger partial charge is 0.292 e. The SMILES string of the molecule is CCn1nc(-c2ccc3oc(N)nc3c2)c2c(N)nc(N)nc21. The first-order chi connectivity index (χ1) is 11.1. The third-order valence-electron chi connectivity index (χ3n) is 3.61. The summed E-state index contributed by atoms with van der Waals surface area (Å²) in [7, 11) is 0. The Bertz CT molecular complexity index is 1050. The highest BCUT2D eigenvalue weighted by atomic mass is 16.4. The van der Waals surface area contributed by atoms with Crippen molar-refractivity contribution in [1.29, 1.82) is 0 Å². The van der Waals surface area contributed by atoms with E-state index >= 15 is 0 Å². The van der Waals surface area contributed by atoms with Crippen LogP contribution in [0.1, 0.15) is 6.92 Å². The lowest BCUT2D eigenvalue weighted by molar-refractivity contribution is 0.626. The Morgan fingerprint density at radius 1 is 1.13 bits per heavy atom. The van der Waals surface area contributed by atoms with Crippen molar-refractivity contribution in [2.75, 3.05) is 17.2 Å². The summed E-state index contributed by atoms with van der Waals surface area (Å²) < 4.78 is 7.02. The van der Waals surface area contributed by atoms with Gasteiger partial charge in [0.1, 0.15) is 17.0 Å². The summed E-state index contributed by atoms with van der Waals surface area (Å²) in [5.41, 5.74) is 20.7. The molecule has 0 radical (unpaired) electrons. The molecular weight excluding hydrogens is 296 g/mol. The third kappa shape index (κ3) is 1.94. The molecule has 6 N–H and O–H groups in total. The number of aryl methyl sites for hydroxylation is 1. The zero-order valence-corrected chi connectivity index (χ0v) is 12.3. The van der Waals surface area contributed by atoms with E-state index in [1.54, 1.807) is 10.7 Å². The molecule has 0 bridgehead atoms. The van der Waals surface area contributed by atoms with Crippen molar-refractivity contribution in [1.82, 2.24) is 24.7 Å². The minimum Gasteiger partial charge on any atom is -0.424 e. The molecule has 0 atom stereocenters. The number of aromatic nitrogens is 5. The molecule has 0 saturated heterocycles. The van der Waals surface area contributed by atoms with E-state index in [0.29, 0.717) is 40.2 Å². The van der Waals surface area contributed by atoms with Crippen molar-refractivity contribution >= 4 is 39.9 Å². The molecule has 9 heteroatoms. The number of anilines is 3. The average molecular weight is 310 g/mol. The molecule has 0 amide bonds. The van der Waals surface area contributed by atoms with Gasteiger partial charge in [0.2, 0.25) is 5.95 Å². The van der Waals surface area contributed by atoms with Crippen molar-refractivity contribution < 1.29 is 4.42 Å². The first-order valence-corrected chi connectivity index (χ1v) is 7.02. The van der Waals surface area contributed by atoms with Gasteiger partial charge in [-0.2, -0.15) is 20.1 Å². The van der Waals surface area contributed by atoms with E-state index in [1.165, 1.54) is 0 Å². The van der Waals surface area contributed by atoms with Gasteiger partial charge in [0.25, 0.3) is 6.01 Å². The fraction of sp³-hybridized carbons (Fsp3) is 0.143. The molecule has 116 valence electrons. The molecule has 0 unspecified atom stereocenters. The van der Waals surface area contributed by atoms with Gasteiger partial charge in [-0.3, -0.25) is 0 Å². The Morgan fingerprint density at radius 2 is 1.96 bits per heavy atom. The Kier molecular flexibility index (Phi) is 2.64. The summed E-state index contributed by atoms with van der Waals surface area (Å²) in [6.07, 6.45) is 0. The monoisotopic (exact) mass is 310 g/mol. The molecule has 3 heterocycles. The Labute approximate surface area is 130 Å². The highest BCUT2D eigenvalue weighted by Crippen LogP contribution is 2.32. The molecule has 0 aliphatic rings. The van der Waals surface area contributed by atoms with E-state index in [-0.39, 0.29) is 12.0 Å². The summed E-state index contributed by atoms with van der Waals surface area (Å²) in [5.74, 6) is 0.415. The molecule has 0 aliphatic carbocycles. The molecule has 0 spiro atoms. The number of nitrogens with zero attached hydrogens (tertiary/aromatic N) is 5. The average Bonchev–Trinajstić information content (AvgIpc) is 3.05. The maximum atomic E-state index is 6.04. The van der Waals surface area contributed by atoms with Crippen molar-refractivity contribution in [2.24, 2.45) is 0 Å². The number of hydrogen-bond donors (Lipinski definition) is 3. The number of fused-ring (bicyclic) bond motifs is 2. The molecular formula is C14H14N8O. The largest absolute Gasteiger partial charge is 0.424 e. The lowest BCUT2D eigenvalue weighted by atomic mass is 10.1. The second-order valence-electron chi connectivity index (χ2n) is 5.06. The highest BCUT2D eigenvalue weighted by molar-refractivity contribution is 6.00. The fourth-order valence-electron chi connectivity index (χ4n) is 2.63. The Hall–Kier alpha value is -3.36. The van der Waals surface area contributed by atoms with Crippen LogP contribution < -0.4 is 17.2 Å². The molecule has 4 rings (SSSR count). The normalized spacial score (nSPS) is 11.5. The van der Waals surface area contributed by atoms with Gasteiger partial charge in [0.15, 0.2) is 11.2 Å². The predicted octanol–water partition coefficient (Wildman–Crippen LogP) is 1.40. The van der Waals surface area contributed by atoms with Crippen LogP contribution in [0.3, 0.4) is 0 Å². The number of benzene rings is 1. The van der Waals surface area contributed by atoms with Crippen molar-refractivity contribution in [2.45, 2.75) is 13.5 Å². The quantitative estimate of drug-likeness (QED) is 0.503. The van der Waals surface area contributed by atoms with Crippen LogP contribution in [-0.4, -0.2) is 24.7 Å². The minimum absolute atomic E-state index is 0.121. The molecule has 0 aliphatic heterocycles. The molecule has 0 saturated carbocycles. The third-order valence-corrected chi connectivity index (χ3v) is 3.61. The van der Waals surface area contributed by atoms with E-state index in [4.69, 9.17) is 21.6 Å². The van der Waals surface area contributed by atoms with E-state index in [2.05, 4.69) is 20.1 Å². The van der Waals surface area contributed by atoms with Crippen molar-refractivity contribution in [3.63, 3.8) is 0 Å². The zero-order chi connectivity index (χ0) is 16.1. The van der Waals surface area contributed by atoms with Gasteiger partial charge in [-0.25, -0.2) is 4.68 Å². The van der Waals surface area contributed by atoms with Gasteiger partial charge >= 0.3 is 0 Å². The van der Waals surface area contributed by atoms with E-state index in [9.17, 15) is 0 Å². The number of oxazole rings is 1. The van der Waals surface area contributed by atoms with Crippen LogP contribution in [0.2, 0.25) is 0 Å². The van der Waals surface area contributed by atoms with Gasteiger partial charge in [0, 0.05) is 12.1 Å². The summed E-state index contributed by atoms with van der Waals surface area (Å²) in [4.78, 5) is 12.4. The lowest BCUT2D eigenvalue weighted by Crippen LogP contribution is -2.03. The standard InChI is InChI=1S/C14H14N8O/c1-2-22-12-9(11(15)19-13(16)20-12)10(21-22)6-3-4-8-7(5-6)18-14(17)23-8/h3-5H,2H2,1H3,(H2,17,18)(H4,15,16,19,20). The molecule has 23 heavy (non-hydrogen) atoms. The minimum atomic E-state index is 0.121. The zero-order valence-electron chi connectivity index (χ0n) is 12.3. The maximum Gasteiger partial charge on any atom is 0.292 e. The van der Waals surface area contributed by atoms with Crippen LogP contribution in [0.5, 0.6) is 0 Å². The fourth-order valence-corrected chi connectivity index (χ4v) is 2.63. The predicted molar refractivity (Wildman–Crippen MR) is 87.2 cm³/mol. The molecule has 9 nitrogen and oxygen atoms in total. The molecule has 0 fully saturated rings. The highest BCUT2D eigenvalue weighted by Gasteiger charge is 2.18. The van der Waals surface area contributed by atoms with Gasteiger partial charge in [0.05, 0.1) is 5.39 Å². The number of nitrogen functional groups attached to an aromatic ring is 3. The van der Waals surface area contributed by atoms with Gasteiger partial charge in [-0.05, 0) is 25.1 Å². The number of hydrogen-bond acceptors (Lipinski definition) is 8. The second kappa shape index (κ2) is 4.57.